The minimum Gasteiger partial charge on any atom is -0.322 e. The first-order valence-electron chi connectivity index (χ1n) is 8.35. The van der Waals surface area contributed by atoms with Gasteiger partial charge in [0.25, 0.3) is 5.69 Å². The van der Waals surface area contributed by atoms with Gasteiger partial charge in [-0.15, -0.1) is 0 Å². The fourth-order valence-corrected chi connectivity index (χ4v) is 3.28. The Labute approximate surface area is 144 Å². The van der Waals surface area contributed by atoms with Crippen molar-refractivity contribution in [2.75, 3.05) is 19.6 Å². The monoisotopic (exact) mass is 337 g/mol. The molecular formula is C18H19N5O2. The van der Waals surface area contributed by atoms with Crippen LogP contribution in [0.15, 0.2) is 48.5 Å². The Morgan fingerprint density at radius 3 is 2.76 bits per heavy atom. The lowest BCUT2D eigenvalue weighted by molar-refractivity contribution is -0.384. The first kappa shape index (κ1) is 15.7. The SMILES string of the molecule is O=[N+]([O-])c1ccc2c(c1)nc(C1CNCCN1)n2Cc1ccccc1. The summed E-state index contributed by atoms with van der Waals surface area (Å²) in [4.78, 5) is 15.4. The van der Waals surface area contributed by atoms with E-state index in [1.165, 1.54) is 5.56 Å². The van der Waals surface area contributed by atoms with Gasteiger partial charge in [-0.3, -0.25) is 10.1 Å². The summed E-state index contributed by atoms with van der Waals surface area (Å²) in [5.74, 6) is 0.909. The molecule has 1 aliphatic rings. The molecule has 0 aliphatic carbocycles. The minimum absolute atomic E-state index is 0.0677. The van der Waals surface area contributed by atoms with E-state index in [0.717, 1.165) is 31.0 Å². The number of imidazole rings is 1. The molecule has 1 aliphatic heterocycles. The molecule has 1 saturated heterocycles. The quantitative estimate of drug-likeness (QED) is 0.563. The molecule has 0 amide bonds. The average molecular weight is 337 g/mol. The van der Waals surface area contributed by atoms with Gasteiger partial charge in [-0.2, -0.15) is 0 Å². The topological polar surface area (TPSA) is 85.0 Å². The first-order chi connectivity index (χ1) is 12.2. The van der Waals surface area contributed by atoms with Crippen LogP contribution in [0.3, 0.4) is 0 Å². The minimum atomic E-state index is -0.379. The van der Waals surface area contributed by atoms with Gasteiger partial charge in [0.1, 0.15) is 5.82 Å². The van der Waals surface area contributed by atoms with Gasteiger partial charge in [-0.05, 0) is 11.6 Å². The van der Waals surface area contributed by atoms with Gasteiger partial charge in [0.05, 0.1) is 22.0 Å². The number of hydrogen-bond acceptors (Lipinski definition) is 5. The van der Waals surface area contributed by atoms with Gasteiger partial charge in [-0.25, -0.2) is 4.98 Å². The number of nitrogens with zero attached hydrogens (tertiary/aromatic N) is 3. The molecule has 0 bridgehead atoms. The second kappa shape index (κ2) is 6.62. The predicted octanol–water partition coefficient (Wildman–Crippen LogP) is 2.23. The second-order valence-electron chi connectivity index (χ2n) is 6.18. The number of aromatic nitrogens is 2. The number of nitro groups is 1. The highest BCUT2D eigenvalue weighted by molar-refractivity contribution is 5.79. The lowest BCUT2D eigenvalue weighted by Crippen LogP contribution is -2.43. The van der Waals surface area contributed by atoms with Crippen molar-refractivity contribution < 1.29 is 4.92 Å². The Kier molecular flexibility index (Phi) is 4.17. The molecule has 0 spiro atoms. The molecule has 128 valence electrons. The van der Waals surface area contributed by atoms with Gasteiger partial charge in [0, 0.05) is 38.3 Å². The fraction of sp³-hybridized carbons (Fsp3) is 0.278. The Balaban J connectivity index is 1.82. The summed E-state index contributed by atoms with van der Waals surface area (Å²) in [6, 6.07) is 15.2. The van der Waals surface area contributed by atoms with Crippen LogP contribution in [0.2, 0.25) is 0 Å². The van der Waals surface area contributed by atoms with Crippen LogP contribution in [0, 0.1) is 10.1 Å². The molecular weight excluding hydrogens is 318 g/mol. The number of nitrogens with one attached hydrogen (secondary N) is 2. The van der Waals surface area contributed by atoms with Crippen LogP contribution >= 0.6 is 0 Å². The van der Waals surface area contributed by atoms with E-state index in [9.17, 15) is 10.1 Å². The predicted molar refractivity (Wildman–Crippen MR) is 95.5 cm³/mol. The zero-order valence-corrected chi connectivity index (χ0v) is 13.7. The summed E-state index contributed by atoms with van der Waals surface area (Å²) >= 11 is 0. The van der Waals surface area contributed by atoms with Crippen LogP contribution < -0.4 is 10.6 Å². The van der Waals surface area contributed by atoms with Crippen molar-refractivity contribution in [2.24, 2.45) is 0 Å². The Morgan fingerprint density at radius 2 is 2.04 bits per heavy atom. The van der Waals surface area contributed by atoms with E-state index in [4.69, 9.17) is 4.98 Å². The van der Waals surface area contributed by atoms with Crippen molar-refractivity contribution in [1.29, 1.82) is 0 Å². The third-order valence-electron chi connectivity index (χ3n) is 4.51. The van der Waals surface area contributed by atoms with Crippen molar-refractivity contribution in [2.45, 2.75) is 12.6 Å². The van der Waals surface area contributed by atoms with E-state index in [-0.39, 0.29) is 16.7 Å². The van der Waals surface area contributed by atoms with Gasteiger partial charge >= 0.3 is 0 Å². The highest BCUT2D eigenvalue weighted by Crippen LogP contribution is 2.26. The van der Waals surface area contributed by atoms with Crippen LogP contribution in [-0.2, 0) is 6.54 Å². The first-order valence-corrected chi connectivity index (χ1v) is 8.35. The van der Waals surface area contributed by atoms with Crippen molar-refractivity contribution in [3.05, 3.63) is 70.0 Å². The van der Waals surface area contributed by atoms with Gasteiger partial charge in [0.2, 0.25) is 0 Å². The maximum absolute atomic E-state index is 11.1. The number of hydrogen-bond donors (Lipinski definition) is 2. The van der Waals surface area contributed by atoms with Crippen LogP contribution in [0.4, 0.5) is 5.69 Å². The van der Waals surface area contributed by atoms with E-state index in [1.54, 1.807) is 18.2 Å². The third kappa shape index (κ3) is 3.11. The summed E-state index contributed by atoms with van der Waals surface area (Å²) in [5.41, 5.74) is 2.81. The smallest absolute Gasteiger partial charge is 0.271 e. The van der Waals surface area contributed by atoms with Crippen molar-refractivity contribution in [1.82, 2.24) is 20.2 Å². The zero-order valence-electron chi connectivity index (χ0n) is 13.7. The van der Waals surface area contributed by atoms with Gasteiger partial charge in [-0.1, -0.05) is 30.3 Å². The van der Waals surface area contributed by atoms with Crippen molar-refractivity contribution in [3.8, 4) is 0 Å². The average Bonchev–Trinajstić information content (AvgIpc) is 3.01. The molecule has 25 heavy (non-hydrogen) atoms. The van der Waals surface area contributed by atoms with Crippen LogP contribution in [0.1, 0.15) is 17.4 Å². The van der Waals surface area contributed by atoms with Crippen molar-refractivity contribution >= 4 is 16.7 Å². The van der Waals surface area contributed by atoms with E-state index in [2.05, 4.69) is 27.3 Å². The van der Waals surface area contributed by atoms with E-state index < -0.39 is 0 Å². The summed E-state index contributed by atoms with van der Waals surface area (Å²) in [6.07, 6.45) is 0. The second-order valence-corrected chi connectivity index (χ2v) is 6.18. The zero-order chi connectivity index (χ0) is 17.2. The normalized spacial score (nSPS) is 17.7. The number of rotatable bonds is 4. The molecule has 1 atom stereocenters. The maximum Gasteiger partial charge on any atom is 0.271 e. The molecule has 0 radical (unpaired) electrons. The van der Waals surface area contributed by atoms with E-state index in [0.29, 0.717) is 12.1 Å². The molecule has 1 fully saturated rings. The Hall–Kier alpha value is -2.77. The highest BCUT2D eigenvalue weighted by Gasteiger charge is 2.23. The molecule has 7 heteroatoms. The molecule has 1 unspecified atom stereocenters. The standard InChI is InChI=1S/C18H19N5O2/c24-23(25)14-6-7-17-15(10-14)21-18(16-11-19-8-9-20-16)22(17)12-13-4-2-1-3-5-13/h1-7,10,16,19-20H,8-9,11-12H2. The van der Waals surface area contributed by atoms with Gasteiger partial charge in [0.15, 0.2) is 0 Å². The number of nitro benzene ring substituents is 1. The van der Waals surface area contributed by atoms with Crippen LogP contribution in [0.25, 0.3) is 11.0 Å². The summed E-state index contributed by atoms with van der Waals surface area (Å²) < 4.78 is 2.15. The lowest BCUT2D eigenvalue weighted by atomic mass is 10.2. The fourth-order valence-electron chi connectivity index (χ4n) is 3.28. The van der Waals surface area contributed by atoms with Crippen LogP contribution in [-0.4, -0.2) is 34.1 Å². The molecule has 2 heterocycles. The lowest BCUT2D eigenvalue weighted by Gasteiger charge is -2.25. The number of benzene rings is 2. The molecule has 2 aromatic carbocycles. The molecule has 3 aromatic rings. The van der Waals surface area contributed by atoms with E-state index >= 15 is 0 Å². The molecule has 4 rings (SSSR count). The number of non-ortho nitro benzene ring substituents is 1. The number of fused-ring (bicyclic) bond motifs is 1. The molecule has 7 nitrogen and oxygen atoms in total. The Morgan fingerprint density at radius 1 is 1.20 bits per heavy atom. The molecule has 0 saturated carbocycles. The number of piperazine rings is 1. The van der Waals surface area contributed by atoms with Crippen molar-refractivity contribution in [3.63, 3.8) is 0 Å². The highest BCUT2D eigenvalue weighted by atomic mass is 16.6. The van der Waals surface area contributed by atoms with Crippen LogP contribution in [0.5, 0.6) is 0 Å². The molecule has 2 N–H and O–H groups in total. The summed E-state index contributed by atoms with van der Waals surface area (Å²) in [5, 5.41) is 17.9. The third-order valence-corrected chi connectivity index (χ3v) is 4.51. The summed E-state index contributed by atoms with van der Waals surface area (Å²) in [6.45, 7) is 3.28. The summed E-state index contributed by atoms with van der Waals surface area (Å²) in [7, 11) is 0. The van der Waals surface area contributed by atoms with Gasteiger partial charge < -0.3 is 15.2 Å². The maximum atomic E-state index is 11.1. The molecule has 1 aromatic heterocycles. The van der Waals surface area contributed by atoms with E-state index in [1.807, 2.05) is 18.2 Å². The Bertz CT molecular complexity index is 900. The largest absolute Gasteiger partial charge is 0.322 e.